The van der Waals surface area contributed by atoms with Crippen LogP contribution in [0.4, 0.5) is 0 Å². The standard InChI is InChI=1S/C13H18O2/c1-2-5-12(6-3-1)11-14-9-4-7-13-8-10-15-13/h1-3,5-6,13H,4,7-11H2. The Morgan fingerprint density at radius 2 is 2.07 bits per heavy atom. The molecule has 1 atom stereocenters. The van der Waals surface area contributed by atoms with Gasteiger partial charge in [-0.2, -0.15) is 0 Å². The first kappa shape index (κ1) is 10.7. The van der Waals surface area contributed by atoms with Gasteiger partial charge in [-0.15, -0.1) is 0 Å². The lowest BCUT2D eigenvalue weighted by Crippen LogP contribution is -2.26. The summed E-state index contributed by atoms with van der Waals surface area (Å²) < 4.78 is 10.9. The van der Waals surface area contributed by atoms with Crippen molar-refractivity contribution in [2.75, 3.05) is 13.2 Å². The third-order valence-electron chi connectivity index (χ3n) is 2.72. The molecule has 1 unspecified atom stereocenters. The molecule has 1 heterocycles. The van der Waals surface area contributed by atoms with E-state index in [1.807, 2.05) is 18.2 Å². The van der Waals surface area contributed by atoms with Crippen LogP contribution in [0.25, 0.3) is 0 Å². The SMILES string of the molecule is c1ccc(COCCCC2CCO2)cc1. The summed E-state index contributed by atoms with van der Waals surface area (Å²) >= 11 is 0. The van der Waals surface area contributed by atoms with Gasteiger partial charge in [0.05, 0.1) is 12.7 Å². The molecule has 0 N–H and O–H groups in total. The number of benzene rings is 1. The van der Waals surface area contributed by atoms with Gasteiger partial charge in [-0.25, -0.2) is 0 Å². The number of rotatable bonds is 6. The van der Waals surface area contributed by atoms with Crippen molar-refractivity contribution in [2.24, 2.45) is 0 Å². The Bertz CT molecular complexity index is 267. The van der Waals surface area contributed by atoms with E-state index >= 15 is 0 Å². The van der Waals surface area contributed by atoms with E-state index < -0.39 is 0 Å². The molecule has 0 radical (unpaired) electrons. The van der Waals surface area contributed by atoms with Crippen molar-refractivity contribution in [1.29, 1.82) is 0 Å². The van der Waals surface area contributed by atoms with Crippen LogP contribution in [0.1, 0.15) is 24.8 Å². The number of hydrogen-bond acceptors (Lipinski definition) is 2. The molecule has 0 amide bonds. The lowest BCUT2D eigenvalue weighted by atomic mass is 10.1. The van der Waals surface area contributed by atoms with Crippen molar-refractivity contribution in [3.63, 3.8) is 0 Å². The maximum Gasteiger partial charge on any atom is 0.0716 e. The normalized spacial score (nSPS) is 19.9. The van der Waals surface area contributed by atoms with Gasteiger partial charge in [-0.3, -0.25) is 0 Å². The fourth-order valence-corrected chi connectivity index (χ4v) is 1.69. The van der Waals surface area contributed by atoms with Crippen LogP contribution in [0, 0.1) is 0 Å². The molecule has 1 saturated heterocycles. The van der Waals surface area contributed by atoms with Gasteiger partial charge < -0.3 is 9.47 Å². The zero-order valence-corrected chi connectivity index (χ0v) is 9.02. The van der Waals surface area contributed by atoms with Crippen molar-refractivity contribution < 1.29 is 9.47 Å². The summed E-state index contributed by atoms with van der Waals surface area (Å²) in [5.74, 6) is 0. The van der Waals surface area contributed by atoms with Crippen LogP contribution < -0.4 is 0 Å². The van der Waals surface area contributed by atoms with E-state index in [-0.39, 0.29) is 0 Å². The Morgan fingerprint density at radius 3 is 2.73 bits per heavy atom. The summed E-state index contributed by atoms with van der Waals surface area (Å²) in [6.45, 7) is 2.52. The quantitative estimate of drug-likeness (QED) is 0.666. The Kier molecular flexibility index (Phi) is 4.18. The predicted octanol–water partition coefficient (Wildman–Crippen LogP) is 2.77. The number of hydrogen-bond donors (Lipinski definition) is 0. The molecule has 1 aliphatic heterocycles. The van der Waals surface area contributed by atoms with Gasteiger partial charge in [0.15, 0.2) is 0 Å². The summed E-state index contributed by atoms with van der Waals surface area (Å²) in [5, 5.41) is 0. The second-order valence-corrected chi connectivity index (χ2v) is 3.96. The van der Waals surface area contributed by atoms with Gasteiger partial charge in [0.2, 0.25) is 0 Å². The van der Waals surface area contributed by atoms with Gasteiger partial charge in [0.25, 0.3) is 0 Å². The largest absolute Gasteiger partial charge is 0.378 e. The predicted molar refractivity (Wildman–Crippen MR) is 59.7 cm³/mol. The maximum absolute atomic E-state index is 5.58. The number of ether oxygens (including phenoxy) is 2. The highest BCUT2D eigenvalue weighted by Gasteiger charge is 2.16. The summed E-state index contributed by atoms with van der Waals surface area (Å²) in [5.41, 5.74) is 1.25. The summed E-state index contributed by atoms with van der Waals surface area (Å²) in [6, 6.07) is 10.3. The Hall–Kier alpha value is -0.860. The van der Waals surface area contributed by atoms with E-state index in [0.29, 0.717) is 6.10 Å². The van der Waals surface area contributed by atoms with Crippen molar-refractivity contribution in [2.45, 2.75) is 32.0 Å². The monoisotopic (exact) mass is 206 g/mol. The van der Waals surface area contributed by atoms with Crippen LogP contribution in [0.5, 0.6) is 0 Å². The summed E-state index contributed by atoms with van der Waals surface area (Å²) in [4.78, 5) is 0. The Balaban J connectivity index is 1.51. The lowest BCUT2D eigenvalue weighted by Gasteiger charge is -2.26. The van der Waals surface area contributed by atoms with Crippen molar-refractivity contribution >= 4 is 0 Å². The molecule has 0 aliphatic carbocycles. The molecule has 0 aromatic heterocycles. The summed E-state index contributed by atoms with van der Waals surface area (Å²) in [6.07, 6.45) is 4.01. The van der Waals surface area contributed by atoms with E-state index in [4.69, 9.17) is 9.47 Å². The van der Waals surface area contributed by atoms with Gasteiger partial charge in [-0.1, -0.05) is 30.3 Å². The molecule has 1 aromatic rings. The van der Waals surface area contributed by atoms with Crippen LogP contribution in [-0.4, -0.2) is 19.3 Å². The van der Waals surface area contributed by atoms with Gasteiger partial charge in [-0.05, 0) is 24.8 Å². The molecule has 0 bridgehead atoms. The second-order valence-electron chi connectivity index (χ2n) is 3.96. The molecule has 1 aromatic carbocycles. The van der Waals surface area contributed by atoms with Crippen molar-refractivity contribution in [1.82, 2.24) is 0 Å². The van der Waals surface area contributed by atoms with Crippen LogP contribution >= 0.6 is 0 Å². The molecule has 0 saturated carbocycles. The first-order valence-electron chi connectivity index (χ1n) is 5.68. The molecular formula is C13H18O2. The van der Waals surface area contributed by atoms with Crippen LogP contribution in [0.15, 0.2) is 30.3 Å². The van der Waals surface area contributed by atoms with E-state index in [2.05, 4.69) is 12.1 Å². The topological polar surface area (TPSA) is 18.5 Å². The Labute approximate surface area is 91.2 Å². The minimum absolute atomic E-state index is 0.519. The van der Waals surface area contributed by atoms with E-state index in [1.54, 1.807) is 0 Å². The molecule has 0 spiro atoms. The first-order chi connectivity index (χ1) is 7.45. The van der Waals surface area contributed by atoms with Gasteiger partial charge in [0.1, 0.15) is 0 Å². The zero-order chi connectivity index (χ0) is 10.3. The van der Waals surface area contributed by atoms with E-state index in [0.717, 1.165) is 32.7 Å². The molecule has 1 aliphatic rings. The molecular weight excluding hydrogens is 188 g/mol. The van der Waals surface area contributed by atoms with Crippen LogP contribution in [0.2, 0.25) is 0 Å². The summed E-state index contributed by atoms with van der Waals surface area (Å²) in [7, 11) is 0. The van der Waals surface area contributed by atoms with Gasteiger partial charge in [0, 0.05) is 13.2 Å². The highest BCUT2D eigenvalue weighted by atomic mass is 16.5. The van der Waals surface area contributed by atoms with Crippen LogP contribution in [0.3, 0.4) is 0 Å². The molecule has 1 fully saturated rings. The smallest absolute Gasteiger partial charge is 0.0716 e. The third kappa shape index (κ3) is 3.65. The molecule has 2 rings (SSSR count). The molecule has 82 valence electrons. The average molecular weight is 206 g/mol. The fraction of sp³-hybridized carbons (Fsp3) is 0.538. The second kappa shape index (κ2) is 5.89. The van der Waals surface area contributed by atoms with Crippen molar-refractivity contribution in [3.8, 4) is 0 Å². The zero-order valence-electron chi connectivity index (χ0n) is 9.02. The highest BCUT2D eigenvalue weighted by molar-refractivity contribution is 5.13. The Morgan fingerprint density at radius 1 is 1.27 bits per heavy atom. The van der Waals surface area contributed by atoms with E-state index in [9.17, 15) is 0 Å². The minimum atomic E-state index is 0.519. The van der Waals surface area contributed by atoms with Gasteiger partial charge >= 0.3 is 0 Å². The third-order valence-corrected chi connectivity index (χ3v) is 2.72. The lowest BCUT2D eigenvalue weighted by molar-refractivity contribution is -0.0586. The molecule has 15 heavy (non-hydrogen) atoms. The minimum Gasteiger partial charge on any atom is -0.378 e. The van der Waals surface area contributed by atoms with Crippen LogP contribution in [-0.2, 0) is 16.1 Å². The molecule has 2 nitrogen and oxygen atoms in total. The fourth-order valence-electron chi connectivity index (χ4n) is 1.69. The van der Waals surface area contributed by atoms with E-state index in [1.165, 1.54) is 12.0 Å². The average Bonchev–Trinajstić information content (AvgIpc) is 2.22. The molecule has 2 heteroatoms. The first-order valence-corrected chi connectivity index (χ1v) is 5.68. The maximum atomic E-state index is 5.58. The highest BCUT2D eigenvalue weighted by Crippen LogP contribution is 2.16. The van der Waals surface area contributed by atoms with Crippen molar-refractivity contribution in [3.05, 3.63) is 35.9 Å².